The number of carbonyl (C=O) groups is 1. The summed E-state index contributed by atoms with van der Waals surface area (Å²) in [4.78, 5) is 16.2. The maximum atomic E-state index is 11.9. The van der Waals surface area contributed by atoms with E-state index in [1.807, 2.05) is 4.90 Å². The van der Waals surface area contributed by atoms with Gasteiger partial charge in [0.1, 0.15) is 0 Å². The maximum Gasteiger partial charge on any atom is 0.224 e. The van der Waals surface area contributed by atoms with Crippen molar-refractivity contribution in [1.29, 1.82) is 0 Å². The molecule has 110 valence electrons. The molecule has 2 heterocycles. The number of carbonyl (C=O) groups excluding carboxylic acids is 1. The summed E-state index contributed by atoms with van der Waals surface area (Å²) in [6.45, 7) is 7.18. The van der Waals surface area contributed by atoms with Gasteiger partial charge < -0.3 is 19.9 Å². The van der Waals surface area contributed by atoms with Crippen LogP contribution in [0, 0.1) is 5.92 Å². The lowest BCUT2D eigenvalue weighted by atomic mass is 9.97. The first-order valence-corrected chi connectivity index (χ1v) is 7.50. The first-order chi connectivity index (χ1) is 9.25. The first-order valence-electron chi connectivity index (χ1n) is 7.50. The van der Waals surface area contributed by atoms with Crippen molar-refractivity contribution in [2.45, 2.75) is 19.3 Å². The second-order valence-electron chi connectivity index (χ2n) is 5.69. The Balaban J connectivity index is 1.52. The Morgan fingerprint density at radius 3 is 2.58 bits per heavy atom. The highest BCUT2D eigenvalue weighted by molar-refractivity contribution is 5.76. The fraction of sp³-hybridized carbons (Fsp3) is 0.929. The second-order valence-corrected chi connectivity index (χ2v) is 5.69. The minimum atomic E-state index is 0.263. The topological polar surface area (TPSA) is 44.8 Å². The standard InChI is InChI=1S/C14H27N3O2/c1-16-6-3-13(4-7-16)12-15-5-2-14(18)17-8-10-19-11-9-17/h13,15H,2-12H2,1H3. The Labute approximate surface area is 116 Å². The van der Waals surface area contributed by atoms with Crippen LogP contribution in [0.4, 0.5) is 0 Å². The lowest BCUT2D eigenvalue weighted by molar-refractivity contribution is -0.135. The number of likely N-dealkylation sites (tertiary alicyclic amines) is 1. The van der Waals surface area contributed by atoms with E-state index in [9.17, 15) is 4.79 Å². The van der Waals surface area contributed by atoms with Crippen molar-refractivity contribution in [3.8, 4) is 0 Å². The van der Waals surface area contributed by atoms with Crippen molar-refractivity contribution in [2.75, 3.05) is 59.5 Å². The predicted octanol–water partition coefficient (Wildman–Crippen LogP) is 0.167. The molecule has 0 radical (unpaired) electrons. The van der Waals surface area contributed by atoms with E-state index in [1.54, 1.807) is 0 Å². The Kier molecular flexibility index (Phi) is 6.07. The number of nitrogens with zero attached hydrogens (tertiary/aromatic N) is 2. The van der Waals surface area contributed by atoms with E-state index in [-0.39, 0.29) is 5.91 Å². The van der Waals surface area contributed by atoms with Crippen molar-refractivity contribution in [2.24, 2.45) is 5.92 Å². The number of rotatable bonds is 5. The van der Waals surface area contributed by atoms with Crippen LogP contribution in [0.25, 0.3) is 0 Å². The van der Waals surface area contributed by atoms with Gasteiger partial charge in [-0.15, -0.1) is 0 Å². The summed E-state index contributed by atoms with van der Waals surface area (Å²) >= 11 is 0. The number of morpholine rings is 1. The van der Waals surface area contributed by atoms with E-state index < -0.39 is 0 Å². The van der Waals surface area contributed by atoms with Gasteiger partial charge in [0.15, 0.2) is 0 Å². The van der Waals surface area contributed by atoms with Gasteiger partial charge >= 0.3 is 0 Å². The van der Waals surface area contributed by atoms with Crippen LogP contribution in [-0.2, 0) is 9.53 Å². The molecule has 2 rings (SSSR count). The summed E-state index contributed by atoms with van der Waals surface area (Å²) < 4.78 is 5.25. The third-order valence-electron chi connectivity index (χ3n) is 4.15. The third kappa shape index (κ3) is 5.09. The summed E-state index contributed by atoms with van der Waals surface area (Å²) in [6.07, 6.45) is 3.18. The zero-order chi connectivity index (χ0) is 13.5. The summed E-state index contributed by atoms with van der Waals surface area (Å²) in [7, 11) is 2.19. The number of nitrogens with one attached hydrogen (secondary N) is 1. The molecule has 0 atom stereocenters. The molecular formula is C14H27N3O2. The molecule has 1 amide bonds. The van der Waals surface area contributed by atoms with E-state index in [4.69, 9.17) is 4.74 Å². The van der Waals surface area contributed by atoms with Gasteiger partial charge in [0.2, 0.25) is 5.91 Å². The number of piperidine rings is 1. The molecule has 5 nitrogen and oxygen atoms in total. The third-order valence-corrected chi connectivity index (χ3v) is 4.15. The molecule has 0 spiro atoms. The Hall–Kier alpha value is -0.650. The molecular weight excluding hydrogens is 242 g/mol. The van der Waals surface area contributed by atoms with Crippen LogP contribution in [0.3, 0.4) is 0 Å². The molecule has 0 aromatic rings. The largest absolute Gasteiger partial charge is 0.378 e. The van der Waals surface area contributed by atoms with Crippen LogP contribution >= 0.6 is 0 Å². The van der Waals surface area contributed by atoms with Gasteiger partial charge in [0.25, 0.3) is 0 Å². The van der Waals surface area contributed by atoms with Crippen LogP contribution in [0.2, 0.25) is 0 Å². The SMILES string of the molecule is CN1CCC(CNCCC(=O)N2CCOCC2)CC1. The lowest BCUT2D eigenvalue weighted by Gasteiger charge is -2.29. The smallest absolute Gasteiger partial charge is 0.224 e. The van der Waals surface area contributed by atoms with E-state index >= 15 is 0 Å². The molecule has 0 unspecified atom stereocenters. The average molecular weight is 269 g/mol. The number of ether oxygens (including phenoxy) is 1. The van der Waals surface area contributed by atoms with Gasteiger partial charge in [0.05, 0.1) is 13.2 Å². The molecule has 2 aliphatic heterocycles. The van der Waals surface area contributed by atoms with Crippen molar-refractivity contribution in [3.05, 3.63) is 0 Å². The van der Waals surface area contributed by atoms with E-state index in [0.29, 0.717) is 19.6 Å². The van der Waals surface area contributed by atoms with Crippen LogP contribution < -0.4 is 5.32 Å². The van der Waals surface area contributed by atoms with Gasteiger partial charge in [-0.3, -0.25) is 4.79 Å². The van der Waals surface area contributed by atoms with Crippen molar-refractivity contribution >= 4 is 5.91 Å². The molecule has 0 saturated carbocycles. The maximum absolute atomic E-state index is 11.9. The van der Waals surface area contributed by atoms with Crippen LogP contribution in [0.15, 0.2) is 0 Å². The highest BCUT2D eigenvalue weighted by atomic mass is 16.5. The highest BCUT2D eigenvalue weighted by Gasteiger charge is 2.18. The van der Waals surface area contributed by atoms with Gasteiger partial charge in [0, 0.05) is 26.1 Å². The summed E-state index contributed by atoms with van der Waals surface area (Å²) in [5.41, 5.74) is 0. The average Bonchev–Trinajstić information content (AvgIpc) is 2.46. The molecule has 2 aliphatic rings. The van der Waals surface area contributed by atoms with Crippen molar-refractivity contribution in [3.63, 3.8) is 0 Å². The van der Waals surface area contributed by atoms with Gasteiger partial charge in [-0.25, -0.2) is 0 Å². The highest BCUT2D eigenvalue weighted by Crippen LogP contribution is 2.14. The number of hydrogen-bond acceptors (Lipinski definition) is 4. The van der Waals surface area contributed by atoms with E-state index in [1.165, 1.54) is 25.9 Å². The predicted molar refractivity (Wildman–Crippen MR) is 75.1 cm³/mol. The monoisotopic (exact) mass is 269 g/mol. The minimum Gasteiger partial charge on any atom is -0.378 e. The normalized spacial score (nSPS) is 22.7. The first kappa shape index (κ1) is 14.8. The fourth-order valence-electron chi connectivity index (χ4n) is 2.74. The minimum absolute atomic E-state index is 0.263. The zero-order valence-corrected chi connectivity index (χ0v) is 12.1. The quantitative estimate of drug-likeness (QED) is 0.723. The summed E-state index contributed by atoms with van der Waals surface area (Å²) in [6, 6.07) is 0. The molecule has 19 heavy (non-hydrogen) atoms. The molecule has 2 fully saturated rings. The molecule has 2 saturated heterocycles. The zero-order valence-electron chi connectivity index (χ0n) is 12.1. The molecule has 0 bridgehead atoms. The molecule has 5 heteroatoms. The molecule has 1 N–H and O–H groups in total. The number of hydrogen-bond donors (Lipinski definition) is 1. The second kappa shape index (κ2) is 7.82. The lowest BCUT2D eigenvalue weighted by Crippen LogP contribution is -2.42. The van der Waals surface area contributed by atoms with Crippen LogP contribution in [-0.4, -0.2) is 75.2 Å². The summed E-state index contributed by atoms with van der Waals surface area (Å²) in [5.74, 6) is 1.05. The Bertz CT molecular complexity index is 272. The fourth-order valence-corrected chi connectivity index (χ4v) is 2.74. The summed E-state index contributed by atoms with van der Waals surface area (Å²) in [5, 5.41) is 3.44. The van der Waals surface area contributed by atoms with Crippen molar-refractivity contribution in [1.82, 2.24) is 15.1 Å². The number of amides is 1. The van der Waals surface area contributed by atoms with Gasteiger partial charge in [-0.1, -0.05) is 0 Å². The van der Waals surface area contributed by atoms with Gasteiger partial charge in [-0.2, -0.15) is 0 Å². The Morgan fingerprint density at radius 2 is 1.89 bits per heavy atom. The van der Waals surface area contributed by atoms with E-state index in [0.717, 1.165) is 32.1 Å². The van der Waals surface area contributed by atoms with Crippen LogP contribution in [0.1, 0.15) is 19.3 Å². The Morgan fingerprint density at radius 1 is 1.21 bits per heavy atom. The van der Waals surface area contributed by atoms with E-state index in [2.05, 4.69) is 17.3 Å². The molecule has 0 aromatic heterocycles. The van der Waals surface area contributed by atoms with Crippen molar-refractivity contribution < 1.29 is 9.53 Å². The molecule has 0 aliphatic carbocycles. The molecule has 0 aromatic carbocycles. The van der Waals surface area contributed by atoms with Crippen LogP contribution in [0.5, 0.6) is 0 Å². The van der Waals surface area contributed by atoms with Gasteiger partial charge in [-0.05, 0) is 45.4 Å².